The van der Waals surface area contributed by atoms with Crippen LogP contribution in [0.5, 0.6) is 0 Å². The Morgan fingerprint density at radius 2 is 2.25 bits per heavy atom. The molecule has 1 heterocycles. The molecular formula is C13H19N5O2. The van der Waals surface area contributed by atoms with E-state index in [0.29, 0.717) is 31.1 Å². The summed E-state index contributed by atoms with van der Waals surface area (Å²) in [4.78, 5) is 16.8. The number of rotatable bonds is 7. The molecule has 0 unspecified atom stereocenters. The van der Waals surface area contributed by atoms with Crippen LogP contribution in [0.1, 0.15) is 27.2 Å². The number of nitrogens with zero attached hydrogens (tertiary/aromatic N) is 4. The van der Waals surface area contributed by atoms with Gasteiger partial charge in [-0.1, -0.05) is 0 Å². The molecule has 0 aliphatic carbocycles. The lowest BCUT2D eigenvalue weighted by Crippen LogP contribution is -2.32. The number of pyridine rings is 1. The van der Waals surface area contributed by atoms with Gasteiger partial charge < -0.3 is 10.2 Å². The van der Waals surface area contributed by atoms with E-state index in [1.54, 1.807) is 0 Å². The topological polar surface area (TPSA) is 95.1 Å². The van der Waals surface area contributed by atoms with Crippen LogP contribution in [0.2, 0.25) is 0 Å². The highest BCUT2D eigenvalue weighted by Gasteiger charge is 2.17. The number of hydrogen-bond acceptors (Lipinski definition) is 6. The number of anilines is 2. The highest BCUT2D eigenvalue weighted by Crippen LogP contribution is 2.24. The molecule has 0 fully saturated rings. The molecule has 0 amide bonds. The average molecular weight is 277 g/mol. The number of hydrogen-bond donors (Lipinski definition) is 1. The molecule has 1 rings (SSSR count). The first-order valence-corrected chi connectivity index (χ1v) is 6.53. The number of nitro groups is 1. The molecule has 0 saturated heterocycles. The third-order valence-electron chi connectivity index (χ3n) is 2.75. The summed E-state index contributed by atoms with van der Waals surface area (Å²) >= 11 is 0. The largest absolute Gasteiger partial charge is 0.370 e. The molecule has 0 aliphatic rings. The second-order valence-electron chi connectivity index (χ2n) is 4.55. The fraction of sp³-hybridized carbons (Fsp3) is 0.538. The van der Waals surface area contributed by atoms with Gasteiger partial charge in [-0.15, -0.1) is 0 Å². The van der Waals surface area contributed by atoms with Crippen LogP contribution in [0.3, 0.4) is 0 Å². The average Bonchev–Trinajstić information content (AvgIpc) is 2.39. The highest BCUT2D eigenvalue weighted by molar-refractivity contribution is 5.56. The van der Waals surface area contributed by atoms with Crippen molar-refractivity contribution in [1.29, 1.82) is 5.26 Å². The van der Waals surface area contributed by atoms with E-state index in [4.69, 9.17) is 5.26 Å². The number of aromatic nitrogens is 1. The summed E-state index contributed by atoms with van der Waals surface area (Å²) in [7, 11) is 0. The zero-order chi connectivity index (χ0) is 15.1. The van der Waals surface area contributed by atoms with Crippen molar-refractivity contribution >= 4 is 17.3 Å². The molecule has 108 valence electrons. The van der Waals surface area contributed by atoms with Gasteiger partial charge in [-0.3, -0.25) is 10.1 Å². The Kier molecular flexibility index (Phi) is 5.72. The van der Waals surface area contributed by atoms with E-state index in [-0.39, 0.29) is 11.7 Å². The van der Waals surface area contributed by atoms with Gasteiger partial charge in [-0.25, -0.2) is 4.98 Å². The maximum Gasteiger partial charge on any atom is 0.276 e. The van der Waals surface area contributed by atoms with Gasteiger partial charge in [0.1, 0.15) is 11.6 Å². The van der Waals surface area contributed by atoms with E-state index < -0.39 is 4.92 Å². The fourth-order valence-corrected chi connectivity index (χ4v) is 1.83. The van der Waals surface area contributed by atoms with Crippen molar-refractivity contribution in [2.45, 2.75) is 33.2 Å². The maximum atomic E-state index is 11.0. The predicted molar refractivity (Wildman–Crippen MR) is 77.8 cm³/mol. The zero-order valence-electron chi connectivity index (χ0n) is 12.0. The Labute approximate surface area is 118 Å². The van der Waals surface area contributed by atoms with Gasteiger partial charge in [-0.05, 0) is 20.8 Å². The van der Waals surface area contributed by atoms with Crippen molar-refractivity contribution < 1.29 is 4.92 Å². The Morgan fingerprint density at radius 3 is 2.75 bits per heavy atom. The minimum absolute atomic E-state index is 0.00597. The summed E-state index contributed by atoms with van der Waals surface area (Å²) in [5.74, 6) is 0.986. The summed E-state index contributed by atoms with van der Waals surface area (Å²) < 4.78 is 0. The fourth-order valence-electron chi connectivity index (χ4n) is 1.83. The van der Waals surface area contributed by atoms with Crippen LogP contribution in [0.4, 0.5) is 17.3 Å². The molecule has 0 aromatic carbocycles. The SMILES string of the molecule is CCNc1cc([N+](=O)[O-])cc(N(CCC#N)C(C)C)n1. The van der Waals surface area contributed by atoms with Crippen molar-refractivity contribution in [3.05, 3.63) is 22.2 Å². The molecule has 0 saturated carbocycles. The second-order valence-corrected chi connectivity index (χ2v) is 4.55. The molecule has 1 aromatic heterocycles. The summed E-state index contributed by atoms with van der Waals surface area (Å²) in [5, 5.41) is 22.7. The molecule has 20 heavy (non-hydrogen) atoms. The Bertz CT molecular complexity index is 510. The Hall–Kier alpha value is -2.36. The molecule has 0 atom stereocenters. The first-order valence-electron chi connectivity index (χ1n) is 6.53. The minimum Gasteiger partial charge on any atom is -0.370 e. The third kappa shape index (κ3) is 4.09. The summed E-state index contributed by atoms with van der Waals surface area (Å²) in [5.41, 5.74) is -0.00597. The standard InChI is InChI=1S/C13H19N5O2/c1-4-15-12-8-11(18(19)20)9-13(16-12)17(10(2)3)7-5-6-14/h8-10H,4-5,7H2,1-3H3,(H,15,16). The van der Waals surface area contributed by atoms with Crippen LogP contribution in [0.25, 0.3) is 0 Å². The lowest BCUT2D eigenvalue weighted by Gasteiger charge is -2.27. The first kappa shape index (κ1) is 15.7. The van der Waals surface area contributed by atoms with Gasteiger partial charge in [0.05, 0.1) is 29.5 Å². The van der Waals surface area contributed by atoms with Crippen molar-refractivity contribution in [2.24, 2.45) is 0 Å². The molecule has 1 aromatic rings. The number of nitriles is 1. The molecule has 0 radical (unpaired) electrons. The summed E-state index contributed by atoms with van der Waals surface area (Å²) in [6.45, 7) is 6.95. The van der Waals surface area contributed by atoms with E-state index in [1.807, 2.05) is 25.7 Å². The van der Waals surface area contributed by atoms with E-state index in [2.05, 4.69) is 16.4 Å². The smallest absolute Gasteiger partial charge is 0.276 e. The van der Waals surface area contributed by atoms with Crippen LogP contribution in [0.15, 0.2) is 12.1 Å². The molecule has 7 heteroatoms. The van der Waals surface area contributed by atoms with Gasteiger partial charge in [-0.2, -0.15) is 5.26 Å². The Balaban J connectivity index is 3.18. The molecule has 0 bridgehead atoms. The third-order valence-corrected chi connectivity index (χ3v) is 2.75. The molecule has 0 aliphatic heterocycles. The van der Waals surface area contributed by atoms with Crippen molar-refractivity contribution in [1.82, 2.24) is 4.98 Å². The summed E-state index contributed by atoms with van der Waals surface area (Å²) in [6, 6.07) is 5.04. The van der Waals surface area contributed by atoms with Crippen LogP contribution < -0.4 is 10.2 Å². The van der Waals surface area contributed by atoms with Crippen LogP contribution >= 0.6 is 0 Å². The summed E-state index contributed by atoms with van der Waals surface area (Å²) in [6.07, 6.45) is 0.346. The predicted octanol–water partition coefficient (Wildman–Crippen LogP) is 2.55. The lowest BCUT2D eigenvalue weighted by molar-refractivity contribution is -0.384. The van der Waals surface area contributed by atoms with Gasteiger partial charge in [0.15, 0.2) is 0 Å². The monoisotopic (exact) mass is 277 g/mol. The van der Waals surface area contributed by atoms with Gasteiger partial charge in [0.25, 0.3) is 5.69 Å². The van der Waals surface area contributed by atoms with Crippen LogP contribution in [-0.2, 0) is 0 Å². The molecule has 0 spiro atoms. The van der Waals surface area contributed by atoms with Crippen molar-refractivity contribution in [2.75, 3.05) is 23.3 Å². The lowest BCUT2D eigenvalue weighted by atomic mass is 10.2. The second kappa shape index (κ2) is 7.28. The molecule has 7 nitrogen and oxygen atoms in total. The molecule has 1 N–H and O–H groups in total. The first-order chi connectivity index (χ1) is 9.49. The van der Waals surface area contributed by atoms with E-state index in [1.165, 1.54) is 12.1 Å². The molecular weight excluding hydrogens is 258 g/mol. The van der Waals surface area contributed by atoms with E-state index in [9.17, 15) is 10.1 Å². The Morgan fingerprint density at radius 1 is 1.55 bits per heavy atom. The van der Waals surface area contributed by atoms with Gasteiger partial charge in [0.2, 0.25) is 0 Å². The van der Waals surface area contributed by atoms with E-state index >= 15 is 0 Å². The highest BCUT2D eigenvalue weighted by atomic mass is 16.6. The van der Waals surface area contributed by atoms with Crippen LogP contribution in [-0.4, -0.2) is 29.0 Å². The van der Waals surface area contributed by atoms with Crippen molar-refractivity contribution in [3.8, 4) is 6.07 Å². The van der Waals surface area contributed by atoms with Crippen LogP contribution in [0, 0.1) is 21.4 Å². The van der Waals surface area contributed by atoms with Gasteiger partial charge in [0, 0.05) is 19.1 Å². The number of nitrogens with one attached hydrogen (secondary N) is 1. The quantitative estimate of drug-likeness (QED) is 0.608. The minimum atomic E-state index is -0.436. The normalized spacial score (nSPS) is 10.2. The van der Waals surface area contributed by atoms with E-state index in [0.717, 1.165) is 0 Å². The maximum absolute atomic E-state index is 11.0. The zero-order valence-corrected chi connectivity index (χ0v) is 12.0. The van der Waals surface area contributed by atoms with Crippen molar-refractivity contribution in [3.63, 3.8) is 0 Å². The van der Waals surface area contributed by atoms with Gasteiger partial charge >= 0.3 is 0 Å².